The zero-order chi connectivity index (χ0) is 11.1. The van der Waals surface area contributed by atoms with Gasteiger partial charge in [-0.3, -0.25) is 0 Å². The van der Waals surface area contributed by atoms with Crippen LogP contribution in [-0.2, 0) is 0 Å². The Labute approximate surface area is 81.3 Å². The average Bonchev–Trinajstić information content (AvgIpc) is 2.49. The van der Waals surface area contributed by atoms with Crippen LogP contribution >= 0.6 is 0 Å². The summed E-state index contributed by atoms with van der Waals surface area (Å²) < 4.78 is 39.3. The van der Waals surface area contributed by atoms with Crippen molar-refractivity contribution < 1.29 is 23.0 Å². The van der Waals surface area contributed by atoms with Gasteiger partial charge in [0.25, 0.3) is 0 Å². The molecule has 1 heterocycles. The third-order valence-corrected chi connectivity index (χ3v) is 1.73. The summed E-state index contributed by atoms with van der Waals surface area (Å²) in [5.74, 6) is -1.26. The average molecular weight is 218 g/mol. The minimum Gasteiger partial charge on any atom is -0.504 e. The number of ether oxygens (including phenoxy) is 1. The molecule has 1 aromatic carbocycles. The Morgan fingerprint density at radius 1 is 1.33 bits per heavy atom. The van der Waals surface area contributed by atoms with Gasteiger partial charge < -0.3 is 14.8 Å². The van der Waals surface area contributed by atoms with E-state index in [0.717, 1.165) is 12.1 Å². The molecule has 2 N–H and O–H groups in total. The van der Waals surface area contributed by atoms with Gasteiger partial charge in [-0.05, 0) is 0 Å². The molecule has 0 aliphatic carbocycles. The maximum atomic E-state index is 11.9. The van der Waals surface area contributed by atoms with Crippen LogP contribution in [-0.4, -0.2) is 21.4 Å². The molecule has 0 atom stereocenters. The Morgan fingerprint density at radius 2 is 2.07 bits per heavy atom. The van der Waals surface area contributed by atoms with E-state index in [1.165, 1.54) is 6.33 Å². The molecular formula is C8H5F3N2O2. The smallest absolute Gasteiger partial charge is 0.504 e. The van der Waals surface area contributed by atoms with Gasteiger partial charge in [0.2, 0.25) is 0 Å². The standard InChI is InChI=1S/C8H5F3N2O2/c9-8(10,11)15-7-2-5-4(1-6(7)14)12-3-13-5/h1-3,14H,(H,12,13). The van der Waals surface area contributed by atoms with Crippen LogP contribution in [0.5, 0.6) is 11.5 Å². The second-order valence-electron chi connectivity index (χ2n) is 2.79. The largest absolute Gasteiger partial charge is 0.573 e. The first-order valence-electron chi connectivity index (χ1n) is 3.87. The fourth-order valence-corrected chi connectivity index (χ4v) is 1.16. The van der Waals surface area contributed by atoms with Crippen LogP contribution in [0.1, 0.15) is 0 Å². The first-order chi connectivity index (χ1) is 6.96. The van der Waals surface area contributed by atoms with Gasteiger partial charge in [-0.25, -0.2) is 4.98 Å². The van der Waals surface area contributed by atoms with Gasteiger partial charge in [0.05, 0.1) is 17.4 Å². The first-order valence-corrected chi connectivity index (χ1v) is 3.87. The number of benzene rings is 1. The normalized spacial score (nSPS) is 11.9. The molecule has 0 fully saturated rings. The quantitative estimate of drug-likeness (QED) is 0.771. The van der Waals surface area contributed by atoms with Crippen LogP contribution in [0.4, 0.5) is 13.2 Å². The van der Waals surface area contributed by atoms with Crippen LogP contribution in [0, 0.1) is 0 Å². The molecule has 15 heavy (non-hydrogen) atoms. The molecule has 0 amide bonds. The van der Waals surface area contributed by atoms with Crippen LogP contribution in [0.2, 0.25) is 0 Å². The molecular weight excluding hydrogens is 213 g/mol. The van der Waals surface area contributed by atoms with Gasteiger partial charge in [0.15, 0.2) is 11.5 Å². The summed E-state index contributed by atoms with van der Waals surface area (Å²) in [4.78, 5) is 6.38. The molecule has 0 aliphatic heterocycles. The van der Waals surface area contributed by atoms with E-state index in [0.29, 0.717) is 5.52 Å². The van der Waals surface area contributed by atoms with Crippen LogP contribution in [0.3, 0.4) is 0 Å². The minimum atomic E-state index is -4.83. The predicted molar refractivity (Wildman–Crippen MR) is 44.4 cm³/mol. The zero-order valence-corrected chi connectivity index (χ0v) is 7.17. The minimum absolute atomic E-state index is 0.284. The van der Waals surface area contributed by atoms with Gasteiger partial charge in [0.1, 0.15) is 0 Å². The fraction of sp³-hybridized carbons (Fsp3) is 0.125. The zero-order valence-electron chi connectivity index (χ0n) is 7.17. The Balaban J connectivity index is 2.46. The van der Waals surface area contributed by atoms with Crippen molar-refractivity contribution in [3.05, 3.63) is 18.5 Å². The van der Waals surface area contributed by atoms with Crippen molar-refractivity contribution in [3.63, 3.8) is 0 Å². The van der Waals surface area contributed by atoms with Gasteiger partial charge in [-0.15, -0.1) is 13.2 Å². The van der Waals surface area contributed by atoms with E-state index in [4.69, 9.17) is 0 Å². The Bertz CT molecular complexity index is 492. The lowest BCUT2D eigenvalue weighted by Gasteiger charge is -2.09. The lowest BCUT2D eigenvalue weighted by Crippen LogP contribution is -2.17. The molecule has 0 spiro atoms. The summed E-state index contributed by atoms with van der Waals surface area (Å²) in [6, 6.07) is 2.12. The van der Waals surface area contributed by atoms with E-state index in [1.807, 2.05) is 0 Å². The number of hydrogen-bond donors (Lipinski definition) is 2. The molecule has 0 saturated heterocycles. The number of hydrogen-bond acceptors (Lipinski definition) is 3. The lowest BCUT2D eigenvalue weighted by molar-refractivity contribution is -0.275. The molecule has 2 rings (SSSR count). The van der Waals surface area contributed by atoms with Crippen molar-refractivity contribution in [2.24, 2.45) is 0 Å². The van der Waals surface area contributed by atoms with Crippen molar-refractivity contribution in [1.29, 1.82) is 0 Å². The van der Waals surface area contributed by atoms with Crippen LogP contribution in [0.25, 0.3) is 11.0 Å². The molecule has 7 heteroatoms. The van der Waals surface area contributed by atoms with Gasteiger partial charge in [0, 0.05) is 12.1 Å². The van der Waals surface area contributed by atoms with Crippen molar-refractivity contribution in [2.45, 2.75) is 6.36 Å². The van der Waals surface area contributed by atoms with Crippen LogP contribution in [0.15, 0.2) is 18.5 Å². The second kappa shape index (κ2) is 3.04. The van der Waals surface area contributed by atoms with E-state index >= 15 is 0 Å². The number of nitrogens with zero attached hydrogens (tertiary/aromatic N) is 1. The van der Waals surface area contributed by atoms with Gasteiger partial charge in [-0.1, -0.05) is 0 Å². The number of aromatic nitrogens is 2. The SMILES string of the molecule is Oc1cc2[nH]cnc2cc1OC(F)(F)F. The highest BCUT2D eigenvalue weighted by Crippen LogP contribution is 2.33. The monoisotopic (exact) mass is 218 g/mol. The molecule has 0 aliphatic rings. The van der Waals surface area contributed by atoms with E-state index < -0.39 is 17.9 Å². The number of rotatable bonds is 1. The molecule has 0 unspecified atom stereocenters. The molecule has 4 nitrogen and oxygen atoms in total. The van der Waals surface area contributed by atoms with Crippen molar-refractivity contribution in [2.75, 3.05) is 0 Å². The summed E-state index contributed by atoms with van der Waals surface area (Å²) in [5, 5.41) is 9.22. The summed E-state index contributed by atoms with van der Waals surface area (Å²) in [7, 11) is 0. The van der Waals surface area contributed by atoms with E-state index in [1.54, 1.807) is 0 Å². The molecule has 0 radical (unpaired) electrons. The Morgan fingerprint density at radius 3 is 2.73 bits per heavy atom. The third kappa shape index (κ3) is 1.95. The van der Waals surface area contributed by atoms with Crippen LogP contribution < -0.4 is 4.74 Å². The number of imidazole rings is 1. The Hall–Kier alpha value is -1.92. The highest BCUT2D eigenvalue weighted by atomic mass is 19.4. The van der Waals surface area contributed by atoms with E-state index in [9.17, 15) is 18.3 Å². The molecule has 0 bridgehead atoms. The number of alkyl halides is 3. The molecule has 80 valence electrons. The van der Waals surface area contributed by atoms with Crippen molar-refractivity contribution in [1.82, 2.24) is 9.97 Å². The molecule has 0 saturated carbocycles. The molecule has 2 aromatic rings. The predicted octanol–water partition coefficient (Wildman–Crippen LogP) is 2.17. The number of aromatic hydroxyl groups is 1. The van der Waals surface area contributed by atoms with Crippen molar-refractivity contribution >= 4 is 11.0 Å². The highest BCUT2D eigenvalue weighted by molar-refractivity contribution is 5.78. The number of phenols is 1. The number of fused-ring (bicyclic) bond motifs is 1. The van der Waals surface area contributed by atoms with Gasteiger partial charge in [-0.2, -0.15) is 0 Å². The number of phenolic OH excluding ortho intramolecular Hbond substituents is 1. The summed E-state index contributed by atoms with van der Waals surface area (Å²) in [5.41, 5.74) is 0.717. The summed E-state index contributed by atoms with van der Waals surface area (Å²) >= 11 is 0. The number of H-pyrrole nitrogens is 1. The number of aromatic amines is 1. The highest BCUT2D eigenvalue weighted by Gasteiger charge is 2.32. The topological polar surface area (TPSA) is 58.1 Å². The lowest BCUT2D eigenvalue weighted by atomic mass is 10.3. The Kier molecular flexibility index (Phi) is 1.95. The first kappa shape index (κ1) is 9.63. The number of nitrogens with one attached hydrogen (secondary N) is 1. The van der Waals surface area contributed by atoms with Gasteiger partial charge >= 0.3 is 6.36 Å². The fourth-order valence-electron chi connectivity index (χ4n) is 1.16. The maximum absolute atomic E-state index is 11.9. The third-order valence-electron chi connectivity index (χ3n) is 1.73. The maximum Gasteiger partial charge on any atom is 0.573 e. The van der Waals surface area contributed by atoms with E-state index in [-0.39, 0.29) is 5.52 Å². The summed E-state index contributed by atoms with van der Waals surface area (Å²) in [6.45, 7) is 0. The number of halogens is 3. The van der Waals surface area contributed by atoms with Crippen molar-refractivity contribution in [3.8, 4) is 11.5 Å². The van der Waals surface area contributed by atoms with E-state index in [2.05, 4.69) is 14.7 Å². The molecule has 1 aromatic heterocycles. The summed E-state index contributed by atoms with van der Waals surface area (Å²) in [6.07, 6.45) is -3.52. The second-order valence-corrected chi connectivity index (χ2v) is 2.79.